The Morgan fingerprint density at radius 2 is 2.15 bits per heavy atom. The molecular weight excluding hydrogens is 272 g/mol. The molecule has 0 saturated heterocycles. The third-order valence-corrected chi connectivity index (χ3v) is 4.96. The van der Waals surface area contributed by atoms with Crippen LogP contribution in [0.5, 0.6) is 5.75 Å². The topological polar surface area (TPSA) is 55.6 Å². The number of carbonyl (C=O) groups excluding carboxylic acids is 1. The largest absolute Gasteiger partial charge is 0.492 e. The predicted molar refractivity (Wildman–Crippen MR) is 85.1 cm³/mol. The average Bonchev–Trinajstić information content (AvgIpc) is 3.19. The maximum Gasteiger partial charge on any atom is 0.178 e. The molecule has 1 aromatic heterocycles. The Kier molecular flexibility index (Phi) is 4.58. The first-order valence-electron chi connectivity index (χ1n) is 7.17. The molecule has 1 fully saturated rings. The monoisotopic (exact) mass is 296 g/mol. The smallest absolute Gasteiger partial charge is 0.178 e. The summed E-state index contributed by atoms with van der Waals surface area (Å²) in [6, 6.07) is 0. The lowest BCUT2D eigenvalue weighted by molar-refractivity contribution is 0.0972. The van der Waals surface area contributed by atoms with Crippen molar-refractivity contribution in [2.45, 2.75) is 33.1 Å². The molecule has 1 aromatic rings. The van der Waals surface area contributed by atoms with Crippen LogP contribution >= 0.6 is 11.3 Å². The summed E-state index contributed by atoms with van der Waals surface area (Å²) in [5, 5.41) is 0.967. The van der Waals surface area contributed by atoms with E-state index >= 15 is 0 Å². The first-order chi connectivity index (χ1) is 9.45. The molecule has 0 aromatic carbocycles. The summed E-state index contributed by atoms with van der Waals surface area (Å²) in [4.78, 5) is 15.1. The van der Waals surface area contributed by atoms with Crippen LogP contribution in [0, 0.1) is 11.8 Å². The van der Waals surface area contributed by atoms with Crippen molar-refractivity contribution >= 4 is 27.8 Å². The number of anilines is 2. The molecule has 2 rings (SSSR count). The van der Waals surface area contributed by atoms with E-state index in [0.717, 1.165) is 30.8 Å². The zero-order valence-corrected chi connectivity index (χ0v) is 13.5. The highest BCUT2D eigenvalue weighted by Gasteiger charge is 2.34. The molecule has 0 atom stereocenters. The van der Waals surface area contributed by atoms with E-state index in [-0.39, 0.29) is 11.7 Å². The van der Waals surface area contributed by atoms with E-state index in [0.29, 0.717) is 22.2 Å². The fourth-order valence-corrected chi connectivity index (χ4v) is 3.33. The number of nitrogens with zero attached hydrogens (tertiary/aromatic N) is 1. The van der Waals surface area contributed by atoms with Gasteiger partial charge in [0.2, 0.25) is 0 Å². The first kappa shape index (κ1) is 15.2. The summed E-state index contributed by atoms with van der Waals surface area (Å²) < 4.78 is 5.43. The van der Waals surface area contributed by atoms with Crippen molar-refractivity contribution in [1.29, 1.82) is 0 Å². The van der Waals surface area contributed by atoms with Crippen molar-refractivity contribution in [3.05, 3.63) is 4.88 Å². The van der Waals surface area contributed by atoms with Crippen molar-refractivity contribution in [2.24, 2.45) is 11.8 Å². The molecule has 0 spiro atoms. The van der Waals surface area contributed by atoms with Crippen LogP contribution in [0.4, 0.5) is 10.7 Å². The minimum Gasteiger partial charge on any atom is -0.492 e. The van der Waals surface area contributed by atoms with Crippen molar-refractivity contribution in [3.8, 4) is 5.75 Å². The highest BCUT2D eigenvalue weighted by Crippen LogP contribution is 2.47. The van der Waals surface area contributed by atoms with Gasteiger partial charge in [-0.3, -0.25) is 4.79 Å². The van der Waals surface area contributed by atoms with E-state index < -0.39 is 0 Å². The number of ketones is 1. The van der Waals surface area contributed by atoms with Crippen molar-refractivity contribution < 1.29 is 9.53 Å². The van der Waals surface area contributed by atoms with Gasteiger partial charge in [-0.25, -0.2) is 0 Å². The number of hydrogen-bond donors (Lipinski definition) is 1. The number of hydrogen-bond acceptors (Lipinski definition) is 5. The van der Waals surface area contributed by atoms with Gasteiger partial charge in [-0.1, -0.05) is 13.8 Å². The molecule has 0 unspecified atom stereocenters. The van der Waals surface area contributed by atoms with Crippen LogP contribution in [0.3, 0.4) is 0 Å². The number of nitrogen functional groups attached to an aromatic ring is 1. The molecule has 1 heterocycles. The second kappa shape index (κ2) is 6.04. The first-order valence-corrected chi connectivity index (χ1v) is 7.99. The van der Waals surface area contributed by atoms with E-state index in [1.165, 1.54) is 11.3 Å². The van der Waals surface area contributed by atoms with Crippen LogP contribution in [-0.2, 0) is 0 Å². The van der Waals surface area contributed by atoms with Gasteiger partial charge >= 0.3 is 0 Å². The third-order valence-electron chi connectivity index (χ3n) is 3.65. The van der Waals surface area contributed by atoms with Crippen LogP contribution in [0.1, 0.15) is 42.8 Å². The van der Waals surface area contributed by atoms with Crippen molar-refractivity contribution in [1.82, 2.24) is 0 Å². The normalized spacial score (nSPS) is 14.7. The van der Waals surface area contributed by atoms with E-state index in [2.05, 4.69) is 18.7 Å². The zero-order valence-electron chi connectivity index (χ0n) is 12.7. The summed E-state index contributed by atoms with van der Waals surface area (Å²) in [6.07, 6.45) is 3.09. The van der Waals surface area contributed by atoms with Gasteiger partial charge in [-0.15, -0.1) is 11.3 Å². The fraction of sp³-hybridized carbons (Fsp3) is 0.667. The van der Waals surface area contributed by atoms with Crippen LogP contribution in [-0.4, -0.2) is 26.5 Å². The van der Waals surface area contributed by atoms with E-state index in [4.69, 9.17) is 10.5 Å². The molecule has 20 heavy (non-hydrogen) atoms. The molecule has 0 aliphatic heterocycles. The number of nitrogens with two attached hydrogens (primary N) is 1. The molecule has 1 aliphatic rings. The minimum atomic E-state index is 0.189. The van der Waals surface area contributed by atoms with Crippen LogP contribution in [0.25, 0.3) is 0 Å². The number of carbonyl (C=O) groups is 1. The van der Waals surface area contributed by atoms with Gasteiger partial charge in [0, 0.05) is 19.5 Å². The molecule has 0 bridgehead atoms. The summed E-state index contributed by atoms with van der Waals surface area (Å²) in [5.74, 6) is 1.68. The number of ether oxygens (including phenoxy) is 1. The van der Waals surface area contributed by atoms with Crippen LogP contribution < -0.4 is 15.4 Å². The van der Waals surface area contributed by atoms with Gasteiger partial charge in [-0.2, -0.15) is 0 Å². The summed E-state index contributed by atoms with van der Waals surface area (Å²) in [5.41, 5.74) is 6.63. The Labute approximate surface area is 124 Å². The molecule has 112 valence electrons. The molecule has 2 N–H and O–H groups in total. The highest BCUT2D eigenvalue weighted by molar-refractivity contribution is 7.19. The molecule has 5 heteroatoms. The van der Waals surface area contributed by atoms with Crippen LogP contribution in [0.15, 0.2) is 0 Å². The SMILES string of the molecule is COc1c(N(C)CCC(C)C)sc(C(=O)C2CC2)c1N. The van der Waals surface area contributed by atoms with Gasteiger partial charge in [0.15, 0.2) is 11.5 Å². The molecular formula is C15H24N2O2S. The standard InChI is InChI=1S/C15H24N2O2S/c1-9(2)7-8-17(3)15-13(19-4)11(16)14(20-15)12(18)10-5-6-10/h9-10H,5-8,16H2,1-4H3. The lowest BCUT2D eigenvalue weighted by atomic mass is 10.1. The van der Waals surface area contributed by atoms with Crippen LogP contribution in [0.2, 0.25) is 0 Å². The minimum absolute atomic E-state index is 0.189. The number of thiophene rings is 1. The van der Waals surface area contributed by atoms with E-state index in [1.54, 1.807) is 7.11 Å². The molecule has 1 aliphatic carbocycles. The van der Waals surface area contributed by atoms with Gasteiger partial charge in [0.25, 0.3) is 0 Å². The average molecular weight is 296 g/mol. The lowest BCUT2D eigenvalue weighted by Gasteiger charge is -2.19. The van der Waals surface area contributed by atoms with E-state index in [9.17, 15) is 4.79 Å². The quantitative estimate of drug-likeness (QED) is 0.783. The third kappa shape index (κ3) is 3.08. The summed E-state index contributed by atoms with van der Waals surface area (Å²) >= 11 is 1.47. The molecule has 0 amide bonds. The highest BCUT2D eigenvalue weighted by atomic mass is 32.1. The maximum atomic E-state index is 12.3. The second-order valence-electron chi connectivity index (χ2n) is 5.93. The molecule has 1 saturated carbocycles. The molecule has 4 nitrogen and oxygen atoms in total. The lowest BCUT2D eigenvalue weighted by Crippen LogP contribution is -2.19. The van der Waals surface area contributed by atoms with Crippen molar-refractivity contribution in [2.75, 3.05) is 31.3 Å². The van der Waals surface area contributed by atoms with Gasteiger partial charge in [0.1, 0.15) is 5.00 Å². The van der Waals surface area contributed by atoms with Crippen molar-refractivity contribution in [3.63, 3.8) is 0 Å². The summed E-state index contributed by atoms with van der Waals surface area (Å²) in [7, 11) is 3.64. The van der Waals surface area contributed by atoms with Gasteiger partial charge < -0.3 is 15.4 Å². The summed E-state index contributed by atoms with van der Waals surface area (Å²) in [6.45, 7) is 5.34. The second-order valence-corrected chi connectivity index (χ2v) is 6.92. The number of rotatable bonds is 7. The fourth-order valence-electron chi connectivity index (χ4n) is 2.13. The Balaban J connectivity index is 2.23. The Morgan fingerprint density at radius 1 is 1.50 bits per heavy atom. The maximum absolute atomic E-state index is 12.3. The predicted octanol–water partition coefficient (Wildman–Crippen LogP) is 3.41. The number of methoxy groups -OCH3 is 1. The molecule has 0 radical (unpaired) electrons. The zero-order chi connectivity index (χ0) is 14.9. The van der Waals surface area contributed by atoms with Gasteiger partial charge in [-0.05, 0) is 25.2 Å². The Morgan fingerprint density at radius 3 is 2.65 bits per heavy atom. The van der Waals surface area contributed by atoms with E-state index in [1.807, 2.05) is 7.05 Å². The Bertz CT molecular complexity index is 492. The van der Waals surface area contributed by atoms with Gasteiger partial charge in [0.05, 0.1) is 17.7 Å². The Hall–Kier alpha value is -1.23. The number of Topliss-reactive ketones (excluding diaryl/α,β-unsaturated/α-hetero) is 1.